The third kappa shape index (κ3) is 4.87. The van der Waals surface area contributed by atoms with E-state index >= 15 is 0 Å². The predicted molar refractivity (Wildman–Crippen MR) is 74.1 cm³/mol. The highest BCUT2D eigenvalue weighted by molar-refractivity contribution is 5.94. The quantitative estimate of drug-likeness (QED) is 0.663. The number of urea groups is 1. The molecule has 0 aliphatic rings. The van der Waals surface area contributed by atoms with Gasteiger partial charge in [0.25, 0.3) is 0 Å². The van der Waals surface area contributed by atoms with Crippen molar-refractivity contribution in [3.8, 4) is 0 Å². The van der Waals surface area contributed by atoms with E-state index in [1.165, 1.54) is 0 Å². The molecule has 0 heterocycles. The molecule has 114 valence electrons. The number of ether oxygens (including phenoxy) is 1. The van der Waals surface area contributed by atoms with Crippen LogP contribution in [0.15, 0.2) is 23.8 Å². The van der Waals surface area contributed by atoms with Crippen molar-refractivity contribution >= 4 is 17.7 Å². The normalized spacial score (nSPS) is 9.76. The fourth-order valence-electron chi connectivity index (χ4n) is 1.43. The Morgan fingerprint density at radius 1 is 1.24 bits per heavy atom. The number of allylic oxidation sites excluding steroid dienone is 1. The topological polar surface area (TPSA) is 67.4 Å². The summed E-state index contributed by atoms with van der Waals surface area (Å²) in [5.74, 6) is -3.01. The number of hydrogen-bond acceptors (Lipinski definition) is 3. The molecule has 0 radical (unpaired) electrons. The Balaban J connectivity index is 2.85. The first-order valence-corrected chi connectivity index (χ1v) is 6.10. The average Bonchev–Trinajstić information content (AvgIpc) is 2.40. The summed E-state index contributed by atoms with van der Waals surface area (Å²) in [6, 6.07) is 0.725. The Hall–Kier alpha value is -2.44. The molecule has 2 N–H and O–H groups in total. The van der Waals surface area contributed by atoms with Gasteiger partial charge in [0.15, 0.2) is 0 Å². The number of rotatable bonds is 4. The largest absolute Gasteiger partial charge is 0.465 e. The lowest BCUT2D eigenvalue weighted by Gasteiger charge is -2.09. The molecule has 0 atom stereocenters. The average molecular weight is 298 g/mol. The van der Waals surface area contributed by atoms with Crippen LogP contribution in [-0.2, 0) is 4.74 Å². The van der Waals surface area contributed by atoms with E-state index in [4.69, 9.17) is 0 Å². The van der Waals surface area contributed by atoms with Crippen LogP contribution < -0.4 is 10.6 Å². The third-order valence-electron chi connectivity index (χ3n) is 2.48. The first kappa shape index (κ1) is 16.6. The van der Waals surface area contributed by atoms with Crippen LogP contribution in [0, 0.1) is 11.6 Å². The number of esters is 1. The number of hydrogen-bond donors (Lipinski definition) is 2. The fourth-order valence-corrected chi connectivity index (χ4v) is 1.43. The van der Waals surface area contributed by atoms with E-state index < -0.39 is 29.2 Å². The van der Waals surface area contributed by atoms with E-state index in [1.54, 1.807) is 6.08 Å². The van der Waals surface area contributed by atoms with Crippen LogP contribution >= 0.6 is 0 Å². The summed E-state index contributed by atoms with van der Waals surface area (Å²) in [5.41, 5.74) is 0.237. The molecule has 0 aliphatic heterocycles. The van der Waals surface area contributed by atoms with Crippen molar-refractivity contribution in [2.45, 2.75) is 13.8 Å². The predicted octanol–water partition coefficient (Wildman–Crippen LogP) is 2.84. The highest BCUT2D eigenvalue weighted by atomic mass is 19.1. The fraction of sp³-hybridized carbons (Fsp3) is 0.286. The summed E-state index contributed by atoms with van der Waals surface area (Å²) in [6.07, 6.45) is 1.76. The number of amides is 2. The molecule has 0 aliphatic carbocycles. The molecule has 0 aromatic heterocycles. The summed E-state index contributed by atoms with van der Waals surface area (Å²) in [4.78, 5) is 22.9. The van der Waals surface area contributed by atoms with Crippen LogP contribution in [-0.4, -0.2) is 25.7 Å². The standard InChI is InChI=1S/C14H16F2N2O3/c1-8(2)4-5-17-14(20)18-12-6-9(13(19)21-3)10(15)7-11(12)16/h4,6-7H,5H2,1-3H3,(H2,17,18,20). The second kappa shape index (κ2) is 7.37. The first-order chi connectivity index (χ1) is 9.85. The van der Waals surface area contributed by atoms with Gasteiger partial charge in [0.05, 0.1) is 18.4 Å². The molecule has 7 heteroatoms. The Morgan fingerprint density at radius 3 is 2.48 bits per heavy atom. The van der Waals surface area contributed by atoms with E-state index in [2.05, 4.69) is 15.4 Å². The van der Waals surface area contributed by atoms with Crippen molar-refractivity contribution in [3.05, 3.63) is 41.0 Å². The minimum atomic E-state index is -1.06. The van der Waals surface area contributed by atoms with Crippen molar-refractivity contribution in [3.63, 3.8) is 0 Å². The third-order valence-corrected chi connectivity index (χ3v) is 2.48. The van der Waals surface area contributed by atoms with Gasteiger partial charge >= 0.3 is 12.0 Å². The van der Waals surface area contributed by atoms with Crippen LogP contribution in [0.5, 0.6) is 0 Å². The number of methoxy groups -OCH3 is 1. The lowest BCUT2D eigenvalue weighted by Crippen LogP contribution is -2.29. The van der Waals surface area contributed by atoms with Crippen molar-refractivity contribution in [1.29, 1.82) is 0 Å². The molecule has 1 rings (SSSR count). The SMILES string of the molecule is COC(=O)c1cc(NC(=O)NCC=C(C)C)c(F)cc1F. The highest BCUT2D eigenvalue weighted by Gasteiger charge is 2.17. The van der Waals surface area contributed by atoms with E-state index in [9.17, 15) is 18.4 Å². The maximum absolute atomic E-state index is 13.6. The maximum Gasteiger partial charge on any atom is 0.340 e. The minimum absolute atomic E-state index is 0.265. The van der Waals surface area contributed by atoms with Gasteiger partial charge in [-0.05, 0) is 19.9 Å². The van der Waals surface area contributed by atoms with Gasteiger partial charge in [-0.2, -0.15) is 0 Å². The second-order valence-corrected chi connectivity index (χ2v) is 4.42. The molecule has 0 fully saturated rings. The smallest absolute Gasteiger partial charge is 0.340 e. The molecule has 1 aromatic rings. The zero-order valence-corrected chi connectivity index (χ0v) is 11.9. The van der Waals surface area contributed by atoms with Crippen LogP contribution in [0.4, 0.5) is 19.3 Å². The second-order valence-electron chi connectivity index (χ2n) is 4.42. The molecule has 0 bridgehead atoms. The van der Waals surface area contributed by atoms with Crippen LogP contribution in [0.1, 0.15) is 24.2 Å². The first-order valence-electron chi connectivity index (χ1n) is 6.10. The van der Waals surface area contributed by atoms with Gasteiger partial charge in [0.1, 0.15) is 11.6 Å². The van der Waals surface area contributed by atoms with Gasteiger partial charge < -0.3 is 15.4 Å². The van der Waals surface area contributed by atoms with Crippen molar-refractivity contribution in [1.82, 2.24) is 5.32 Å². The molecular weight excluding hydrogens is 282 g/mol. The van der Waals surface area contributed by atoms with Crippen LogP contribution in [0.25, 0.3) is 0 Å². The van der Waals surface area contributed by atoms with Gasteiger partial charge in [0, 0.05) is 12.6 Å². The summed E-state index contributed by atoms with van der Waals surface area (Å²) >= 11 is 0. The Kier molecular flexibility index (Phi) is 5.83. The molecule has 1 aromatic carbocycles. The van der Waals surface area contributed by atoms with E-state index in [-0.39, 0.29) is 12.2 Å². The van der Waals surface area contributed by atoms with Crippen LogP contribution in [0.3, 0.4) is 0 Å². The lowest BCUT2D eigenvalue weighted by atomic mass is 10.2. The number of benzene rings is 1. The number of carbonyl (C=O) groups excluding carboxylic acids is 2. The van der Waals surface area contributed by atoms with Gasteiger partial charge in [-0.25, -0.2) is 18.4 Å². The Morgan fingerprint density at radius 2 is 1.90 bits per heavy atom. The molecule has 0 saturated carbocycles. The van der Waals surface area contributed by atoms with Gasteiger partial charge in [-0.1, -0.05) is 11.6 Å². The number of halogens is 2. The number of carbonyl (C=O) groups is 2. The summed E-state index contributed by atoms with van der Waals surface area (Å²) in [5, 5.41) is 4.67. The summed E-state index contributed by atoms with van der Waals surface area (Å²) in [6.45, 7) is 3.99. The van der Waals surface area contributed by atoms with Gasteiger partial charge in [-0.3, -0.25) is 0 Å². The maximum atomic E-state index is 13.6. The monoisotopic (exact) mass is 298 g/mol. The highest BCUT2D eigenvalue weighted by Crippen LogP contribution is 2.20. The van der Waals surface area contributed by atoms with Gasteiger partial charge in [-0.15, -0.1) is 0 Å². The molecule has 21 heavy (non-hydrogen) atoms. The number of anilines is 1. The number of nitrogens with one attached hydrogen (secondary N) is 2. The van der Waals surface area contributed by atoms with Gasteiger partial charge in [0.2, 0.25) is 0 Å². The van der Waals surface area contributed by atoms with Crippen molar-refractivity contribution in [2.75, 3.05) is 19.0 Å². The minimum Gasteiger partial charge on any atom is -0.465 e. The molecule has 5 nitrogen and oxygen atoms in total. The summed E-state index contributed by atoms with van der Waals surface area (Å²) < 4.78 is 31.4. The van der Waals surface area contributed by atoms with Crippen LogP contribution in [0.2, 0.25) is 0 Å². The van der Waals surface area contributed by atoms with Crippen molar-refractivity contribution < 1.29 is 23.1 Å². The lowest BCUT2D eigenvalue weighted by molar-refractivity contribution is 0.0595. The molecular formula is C14H16F2N2O3. The zero-order chi connectivity index (χ0) is 16.0. The molecule has 0 spiro atoms. The Bertz CT molecular complexity index is 582. The van der Waals surface area contributed by atoms with E-state index in [1.807, 2.05) is 13.8 Å². The van der Waals surface area contributed by atoms with Crippen molar-refractivity contribution in [2.24, 2.45) is 0 Å². The zero-order valence-electron chi connectivity index (χ0n) is 11.9. The van der Waals surface area contributed by atoms with E-state index in [0.29, 0.717) is 6.07 Å². The molecule has 2 amide bonds. The summed E-state index contributed by atoms with van der Waals surface area (Å²) in [7, 11) is 1.07. The molecule has 0 saturated heterocycles. The Labute approximate surface area is 121 Å². The van der Waals surface area contributed by atoms with E-state index in [0.717, 1.165) is 18.7 Å². The molecule has 0 unspecified atom stereocenters.